The van der Waals surface area contributed by atoms with Crippen LogP contribution in [0.4, 0.5) is 0 Å². The standard InChI is InChI=1S/C12H17N3O2/c1-7-5-8(2)14-12(10(7)11(13)15-16)17-6-9-3-4-9/h5,9,16H,3-4,6H2,1-2H3,(H2,13,15). The molecule has 1 aromatic heterocycles. The predicted octanol–water partition coefficient (Wildman–Crippen LogP) is 1.58. The largest absolute Gasteiger partial charge is 0.477 e. The van der Waals surface area contributed by atoms with Crippen LogP contribution in [0.5, 0.6) is 5.88 Å². The fourth-order valence-electron chi connectivity index (χ4n) is 1.75. The van der Waals surface area contributed by atoms with Gasteiger partial charge < -0.3 is 15.7 Å². The lowest BCUT2D eigenvalue weighted by molar-refractivity contribution is 0.286. The molecule has 0 aromatic carbocycles. The van der Waals surface area contributed by atoms with Crippen LogP contribution in [0, 0.1) is 19.8 Å². The second-order valence-electron chi connectivity index (χ2n) is 4.50. The van der Waals surface area contributed by atoms with Crippen LogP contribution in [0.25, 0.3) is 0 Å². The van der Waals surface area contributed by atoms with E-state index in [0.29, 0.717) is 24.0 Å². The van der Waals surface area contributed by atoms with Gasteiger partial charge in [0.25, 0.3) is 0 Å². The molecule has 0 spiro atoms. The Morgan fingerprint density at radius 2 is 2.29 bits per heavy atom. The van der Waals surface area contributed by atoms with Crippen LogP contribution >= 0.6 is 0 Å². The van der Waals surface area contributed by atoms with E-state index in [2.05, 4.69) is 10.1 Å². The van der Waals surface area contributed by atoms with Crippen LogP contribution in [0.15, 0.2) is 11.2 Å². The third kappa shape index (κ3) is 2.67. The highest BCUT2D eigenvalue weighted by Crippen LogP contribution is 2.30. The molecule has 3 N–H and O–H groups in total. The molecule has 5 nitrogen and oxygen atoms in total. The number of oxime groups is 1. The summed E-state index contributed by atoms with van der Waals surface area (Å²) >= 11 is 0. The van der Waals surface area contributed by atoms with E-state index < -0.39 is 0 Å². The highest BCUT2D eigenvalue weighted by molar-refractivity contribution is 6.00. The molecule has 1 aliphatic rings. The highest BCUT2D eigenvalue weighted by atomic mass is 16.5. The van der Waals surface area contributed by atoms with Crippen molar-refractivity contribution in [2.45, 2.75) is 26.7 Å². The molecule has 1 aromatic rings. The minimum absolute atomic E-state index is 0.0424. The molecule has 0 bridgehead atoms. The quantitative estimate of drug-likeness (QED) is 0.359. The second kappa shape index (κ2) is 4.61. The van der Waals surface area contributed by atoms with Crippen molar-refractivity contribution in [2.24, 2.45) is 16.8 Å². The van der Waals surface area contributed by atoms with Gasteiger partial charge in [0.2, 0.25) is 5.88 Å². The lowest BCUT2D eigenvalue weighted by Crippen LogP contribution is -2.18. The van der Waals surface area contributed by atoms with Gasteiger partial charge in [-0.15, -0.1) is 0 Å². The Bertz CT molecular complexity index is 453. The Kier molecular flexibility index (Phi) is 3.17. The van der Waals surface area contributed by atoms with Crippen LogP contribution in [-0.4, -0.2) is 22.6 Å². The molecule has 1 fully saturated rings. The Hall–Kier alpha value is -1.78. The average Bonchev–Trinajstić information content (AvgIpc) is 3.08. The summed E-state index contributed by atoms with van der Waals surface area (Å²) in [6, 6.07) is 1.89. The van der Waals surface area contributed by atoms with Crippen LogP contribution in [0.3, 0.4) is 0 Å². The van der Waals surface area contributed by atoms with E-state index in [-0.39, 0.29) is 5.84 Å². The number of pyridine rings is 1. The summed E-state index contributed by atoms with van der Waals surface area (Å²) in [7, 11) is 0. The van der Waals surface area contributed by atoms with Crippen LogP contribution < -0.4 is 10.5 Å². The normalized spacial score (nSPS) is 16.0. The Labute approximate surface area is 100 Å². The number of aromatic nitrogens is 1. The van der Waals surface area contributed by atoms with Gasteiger partial charge in [-0.3, -0.25) is 0 Å². The van der Waals surface area contributed by atoms with Crippen molar-refractivity contribution < 1.29 is 9.94 Å². The molecule has 1 aliphatic carbocycles. The van der Waals surface area contributed by atoms with Crippen LogP contribution in [0.1, 0.15) is 29.7 Å². The van der Waals surface area contributed by atoms with Gasteiger partial charge in [-0.2, -0.15) is 0 Å². The van der Waals surface area contributed by atoms with E-state index in [9.17, 15) is 0 Å². The molecule has 1 saturated carbocycles. The van der Waals surface area contributed by atoms with Crippen molar-refractivity contribution in [1.82, 2.24) is 4.98 Å². The summed E-state index contributed by atoms with van der Waals surface area (Å²) in [5.74, 6) is 1.14. The summed E-state index contributed by atoms with van der Waals surface area (Å²) in [5, 5.41) is 11.8. The second-order valence-corrected chi connectivity index (χ2v) is 4.50. The predicted molar refractivity (Wildman–Crippen MR) is 64.4 cm³/mol. The Balaban J connectivity index is 2.31. The molecule has 2 rings (SSSR count). The fraction of sp³-hybridized carbons (Fsp3) is 0.500. The van der Waals surface area contributed by atoms with Gasteiger partial charge in [0, 0.05) is 5.69 Å². The van der Waals surface area contributed by atoms with Crippen molar-refractivity contribution in [3.8, 4) is 5.88 Å². The number of rotatable bonds is 4. The van der Waals surface area contributed by atoms with Crippen molar-refractivity contribution in [3.63, 3.8) is 0 Å². The fourth-order valence-corrected chi connectivity index (χ4v) is 1.75. The van der Waals surface area contributed by atoms with Gasteiger partial charge in [-0.05, 0) is 44.2 Å². The molecule has 0 aliphatic heterocycles. The monoisotopic (exact) mass is 235 g/mol. The first-order chi connectivity index (χ1) is 8.11. The minimum Gasteiger partial charge on any atom is -0.477 e. The Morgan fingerprint density at radius 1 is 1.59 bits per heavy atom. The first-order valence-electron chi connectivity index (χ1n) is 5.70. The zero-order valence-corrected chi connectivity index (χ0v) is 10.1. The number of nitrogens with two attached hydrogens (primary N) is 1. The SMILES string of the molecule is Cc1cc(C)c(C(N)=NO)c(OCC2CC2)n1. The first kappa shape index (κ1) is 11.7. The van der Waals surface area contributed by atoms with Gasteiger partial charge in [0.15, 0.2) is 5.84 Å². The average molecular weight is 235 g/mol. The smallest absolute Gasteiger partial charge is 0.225 e. The summed E-state index contributed by atoms with van der Waals surface area (Å²) in [5.41, 5.74) is 8.00. The van der Waals surface area contributed by atoms with Gasteiger partial charge >= 0.3 is 0 Å². The van der Waals surface area contributed by atoms with E-state index >= 15 is 0 Å². The zero-order chi connectivity index (χ0) is 12.4. The number of hydrogen-bond donors (Lipinski definition) is 2. The molecule has 0 saturated heterocycles. The molecular weight excluding hydrogens is 218 g/mol. The van der Waals surface area contributed by atoms with E-state index in [1.165, 1.54) is 12.8 Å². The number of aryl methyl sites for hydroxylation is 2. The van der Waals surface area contributed by atoms with Gasteiger partial charge in [-0.25, -0.2) is 4.98 Å². The molecule has 92 valence electrons. The molecule has 0 unspecified atom stereocenters. The van der Waals surface area contributed by atoms with Crippen molar-refractivity contribution in [3.05, 3.63) is 22.9 Å². The number of ether oxygens (including phenoxy) is 1. The summed E-state index contributed by atoms with van der Waals surface area (Å²) in [6.07, 6.45) is 2.42. The maximum absolute atomic E-state index is 8.78. The van der Waals surface area contributed by atoms with E-state index in [4.69, 9.17) is 15.7 Å². The van der Waals surface area contributed by atoms with Gasteiger partial charge in [0.1, 0.15) is 0 Å². The Morgan fingerprint density at radius 3 is 2.88 bits per heavy atom. The van der Waals surface area contributed by atoms with E-state index in [0.717, 1.165) is 11.3 Å². The number of nitrogens with zero attached hydrogens (tertiary/aromatic N) is 2. The lowest BCUT2D eigenvalue weighted by atomic mass is 10.1. The van der Waals surface area contributed by atoms with E-state index in [1.807, 2.05) is 19.9 Å². The number of amidine groups is 1. The molecular formula is C12H17N3O2. The zero-order valence-electron chi connectivity index (χ0n) is 10.1. The third-order valence-electron chi connectivity index (χ3n) is 2.83. The maximum atomic E-state index is 8.78. The van der Waals surface area contributed by atoms with Crippen LogP contribution in [-0.2, 0) is 0 Å². The molecule has 0 radical (unpaired) electrons. The van der Waals surface area contributed by atoms with Crippen LogP contribution in [0.2, 0.25) is 0 Å². The number of hydrogen-bond acceptors (Lipinski definition) is 4. The molecule has 1 heterocycles. The summed E-state index contributed by atoms with van der Waals surface area (Å²) < 4.78 is 5.66. The van der Waals surface area contributed by atoms with Gasteiger partial charge in [-0.1, -0.05) is 5.16 Å². The molecule has 5 heteroatoms. The van der Waals surface area contributed by atoms with Gasteiger partial charge in [0.05, 0.1) is 12.2 Å². The van der Waals surface area contributed by atoms with Crippen molar-refractivity contribution in [2.75, 3.05) is 6.61 Å². The molecule has 0 atom stereocenters. The molecule has 17 heavy (non-hydrogen) atoms. The van der Waals surface area contributed by atoms with Crippen molar-refractivity contribution >= 4 is 5.84 Å². The minimum atomic E-state index is 0.0424. The lowest BCUT2D eigenvalue weighted by Gasteiger charge is -2.12. The summed E-state index contributed by atoms with van der Waals surface area (Å²) in [4.78, 5) is 4.31. The summed E-state index contributed by atoms with van der Waals surface area (Å²) in [6.45, 7) is 4.45. The maximum Gasteiger partial charge on any atom is 0.225 e. The van der Waals surface area contributed by atoms with E-state index in [1.54, 1.807) is 0 Å². The molecule has 0 amide bonds. The first-order valence-corrected chi connectivity index (χ1v) is 5.70. The highest BCUT2D eigenvalue weighted by Gasteiger charge is 2.23. The third-order valence-corrected chi connectivity index (χ3v) is 2.83. The topological polar surface area (TPSA) is 80.7 Å². The van der Waals surface area contributed by atoms with Crippen molar-refractivity contribution in [1.29, 1.82) is 0 Å².